The van der Waals surface area contributed by atoms with Gasteiger partial charge in [0, 0.05) is 16.2 Å². The number of carboxylic acids is 1. The molecule has 1 aromatic carbocycles. The minimum atomic E-state index is -1.33. The zero-order chi connectivity index (χ0) is 15.0. The van der Waals surface area contributed by atoms with Crippen LogP contribution >= 0.6 is 15.9 Å². The number of nitrogens with zero attached hydrogens (tertiary/aromatic N) is 2. The zero-order valence-corrected chi connectivity index (χ0v) is 12.9. The number of rotatable bonds is 2. The van der Waals surface area contributed by atoms with E-state index in [2.05, 4.69) is 21.0 Å². The van der Waals surface area contributed by atoms with Gasteiger partial charge in [-0.15, -0.1) is 0 Å². The van der Waals surface area contributed by atoms with Crippen molar-refractivity contribution in [1.29, 1.82) is 0 Å². The topological polar surface area (TPSA) is 72.2 Å². The number of hydrogen-bond acceptors (Lipinski definition) is 3. The van der Waals surface area contributed by atoms with Gasteiger partial charge >= 0.3 is 5.97 Å². The summed E-state index contributed by atoms with van der Waals surface area (Å²) in [6.07, 6.45) is 1.54. The monoisotopic (exact) mass is 336 g/mol. The van der Waals surface area contributed by atoms with Crippen LogP contribution in [-0.4, -0.2) is 20.9 Å². The summed E-state index contributed by atoms with van der Waals surface area (Å²) < 4.78 is 2.22. The van der Waals surface area contributed by atoms with Crippen molar-refractivity contribution in [3.8, 4) is 5.69 Å². The molecule has 0 aliphatic carbocycles. The van der Waals surface area contributed by atoms with E-state index in [9.17, 15) is 9.59 Å². The normalized spacial score (nSPS) is 10.6. The van der Waals surface area contributed by atoms with Crippen LogP contribution < -0.4 is 5.43 Å². The number of halogens is 1. The number of aromatic nitrogens is 2. The van der Waals surface area contributed by atoms with Crippen molar-refractivity contribution in [2.24, 2.45) is 0 Å². The molecular weight excluding hydrogens is 324 g/mol. The summed E-state index contributed by atoms with van der Waals surface area (Å²) in [5, 5.41) is 13.0. The molecule has 1 aromatic heterocycles. The fourth-order valence-electron chi connectivity index (χ4n) is 2.06. The minimum absolute atomic E-state index is 0.337. The highest BCUT2D eigenvalue weighted by Gasteiger charge is 2.16. The second-order valence-corrected chi connectivity index (χ2v) is 5.51. The van der Waals surface area contributed by atoms with Crippen molar-refractivity contribution >= 4 is 21.9 Å². The van der Waals surface area contributed by atoms with Crippen LogP contribution in [0.2, 0.25) is 0 Å². The number of aryl methyl sites for hydroxylation is 3. The van der Waals surface area contributed by atoms with Gasteiger partial charge in [0.25, 0.3) is 0 Å². The molecule has 1 N–H and O–H groups in total. The lowest BCUT2D eigenvalue weighted by Crippen LogP contribution is -2.23. The second-order valence-electron chi connectivity index (χ2n) is 4.65. The van der Waals surface area contributed by atoms with Gasteiger partial charge in [0.2, 0.25) is 11.1 Å². The van der Waals surface area contributed by atoms with Crippen molar-refractivity contribution in [1.82, 2.24) is 9.78 Å². The van der Waals surface area contributed by atoms with Crippen LogP contribution in [0.4, 0.5) is 0 Å². The average Bonchev–Trinajstić information content (AvgIpc) is 2.31. The first-order valence-electron chi connectivity index (χ1n) is 5.92. The van der Waals surface area contributed by atoms with Crippen molar-refractivity contribution < 1.29 is 9.90 Å². The molecule has 0 amide bonds. The van der Waals surface area contributed by atoms with Crippen molar-refractivity contribution in [3.63, 3.8) is 0 Å². The molecule has 0 radical (unpaired) electrons. The molecule has 0 fully saturated rings. The summed E-state index contributed by atoms with van der Waals surface area (Å²) in [6, 6.07) is 3.88. The molecular formula is C14H13BrN2O3. The maximum Gasteiger partial charge on any atom is 0.360 e. The van der Waals surface area contributed by atoms with Gasteiger partial charge < -0.3 is 5.11 Å². The quantitative estimate of drug-likeness (QED) is 0.914. The summed E-state index contributed by atoms with van der Waals surface area (Å²) >= 11 is 3.45. The van der Waals surface area contributed by atoms with E-state index in [4.69, 9.17) is 5.11 Å². The largest absolute Gasteiger partial charge is 0.476 e. The third-order valence-corrected chi connectivity index (χ3v) is 3.53. The highest BCUT2D eigenvalue weighted by molar-refractivity contribution is 9.10. The maximum atomic E-state index is 11.7. The molecule has 2 aromatic rings. The Balaban J connectivity index is 2.78. The SMILES string of the molecule is Cc1cc(C)c(-n2cc(C)c(=O)c(C(=O)O)n2)c(Br)c1. The van der Waals surface area contributed by atoms with Crippen LogP contribution in [0.1, 0.15) is 27.2 Å². The van der Waals surface area contributed by atoms with Gasteiger partial charge in [0.05, 0.1) is 5.69 Å². The van der Waals surface area contributed by atoms with Gasteiger partial charge in [-0.05, 0) is 53.9 Å². The highest BCUT2D eigenvalue weighted by Crippen LogP contribution is 2.25. The molecule has 0 bridgehead atoms. The third kappa shape index (κ3) is 2.51. The van der Waals surface area contributed by atoms with Gasteiger partial charge in [-0.2, -0.15) is 5.10 Å². The van der Waals surface area contributed by atoms with Crippen LogP contribution in [0.15, 0.2) is 27.6 Å². The van der Waals surface area contributed by atoms with Crippen LogP contribution in [-0.2, 0) is 0 Å². The van der Waals surface area contributed by atoms with Crippen LogP contribution in [0.3, 0.4) is 0 Å². The summed E-state index contributed by atoms with van der Waals surface area (Å²) in [5.41, 5.74) is 2.04. The highest BCUT2D eigenvalue weighted by atomic mass is 79.9. The molecule has 0 aliphatic heterocycles. The molecule has 0 atom stereocenters. The molecule has 0 unspecified atom stereocenters. The predicted molar refractivity (Wildman–Crippen MR) is 78.7 cm³/mol. The summed E-state index contributed by atoms with van der Waals surface area (Å²) in [5.74, 6) is -1.33. The third-order valence-electron chi connectivity index (χ3n) is 2.93. The second kappa shape index (κ2) is 5.20. The summed E-state index contributed by atoms with van der Waals surface area (Å²) in [6.45, 7) is 5.45. The lowest BCUT2D eigenvalue weighted by Gasteiger charge is -2.13. The number of hydrogen-bond donors (Lipinski definition) is 1. The first-order chi connectivity index (χ1) is 9.31. The van der Waals surface area contributed by atoms with Crippen molar-refractivity contribution in [3.05, 3.63) is 55.4 Å². The van der Waals surface area contributed by atoms with E-state index in [0.29, 0.717) is 5.56 Å². The van der Waals surface area contributed by atoms with Crippen LogP contribution in [0.5, 0.6) is 0 Å². The van der Waals surface area contributed by atoms with Crippen molar-refractivity contribution in [2.45, 2.75) is 20.8 Å². The van der Waals surface area contributed by atoms with Gasteiger partial charge in [-0.1, -0.05) is 6.07 Å². The van der Waals surface area contributed by atoms with Gasteiger partial charge in [-0.3, -0.25) is 4.79 Å². The molecule has 104 valence electrons. The van der Waals surface area contributed by atoms with E-state index in [1.165, 1.54) is 10.9 Å². The molecule has 0 saturated heterocycles. The minimum Gasteiger partial charge on any atom is -0.476 e. The Bertz CT molecular complexity index is 742. The van der Waals surface area contributed by atoms with E-state index in [-0.39, 0.29) is 0 Å². The van der Waals surface area contributed by atoms with Crippen molar-refractivity contribution in [2.75, 3.05) is 0 Å². The molecule has 1 heterocycles. The lowest BCUT2D eigenvalue weighted by molar-refractivity contribution is 0.0686. The van der Waals surface area contributed by atoms with E-state index in [1.54, 1.807) is 6.92 Å². The molecule has 0 spiro atoms. The fourth-order valence-corrected chi connectivity index (χ4v) is 2.92. The molecule has 5 nitrogen and oxygen atoms in total. The Labute approximate surface area is 124 Å². The van der Waals surface area contributed by atoms with E-state index in [0.717, 1.165) is 21.3 Å². The lowest BCUT2D eigenvalue weighted by atomic mass is 10.1. The standard InChI is InChI=1S/C14H13BrN2O3/c1-7-4-8(2)12(10(15)5-7)17-6-9(3)13(18)11(16-17)14(19)20/h4-6H,1-3H3,(H,19,20). The first-order valence-corrected chi connectivity index (χ1v) is 6.71. The molecule has 0 saturated carbocycles. The Hall–Kier alpha value is -1.95. The average molecular weight is 337 g/mol. The first kappa shape index (κ1) is 14.5. The zero-order valence-electron chi connectivity index (χ0n) is 11.3. The van der Waals surface area contributed by atoms with Gasteiger partial charge in [-0.25, -0.2) is 9.48 Å². The fraction of sp³-hybridized carbons (Fsp3) is 0.214. The summed E-state index contributed by atoms with van der Waals surface area (Å²) in [7, 11) is 0. The van der Waals surface area contributed by atoms with Crippen LogP contribution in [0.25, 0.3) is 5.69 Å². The van der Waals surface area contributed by atoms with Gasteiger partial charge in [0.15, 0.2) is 0 Å². The maximum absolute atomic E-state index is 11.7. The summed E-state index contributed by atoms with van der Waals surface area (Å²) in [4.78, 5) is 22.8. The Morgan fingerprint density at radius 1 is 1.25 bits per heavy atom. The smallest absolute Gasteiger partial charge is 0.360 e. The number of aromatic carboxylic acids is 1. The van der Waals surface area contributed by atoms with Crippen LogP contribution in [0, 0.1) is 20.8 Å². The number of carboxylic acid groups (broad SMARTS) is 1. The van der Waals surface area contributed by atoms with E-state index in [1.807, 2.05) is 26.0 Å². The van der Waals surface area contributed by atoms with E-state index < -0.39 is 17.1 Å². The number of carbonyl (C=O) groups is 1. The Morgan fingerprint density at radius 2 is 1.90 bits per heavy atom. The molecule has 2 rings (SSSR count). The Morgan fingerprint density at radius 3 is 2.45 bits per heavy atom. The van der Waals surface area contributed by atoms with Gasteiger partial charge in [0.1, 0.15) is 0 Å². The number of benzene rings is 1. The Kier molecular flexibility index (Phi) is 3.76. The predicted octanol–water partition coefficient (Wildman–Crippen LogP) is 2.62. The van der Waals surface area contributed by atoms with E-state index >= 15 is 0 Å². The molecule has 0 aliphatic rings. The molecule has 6 heteroatoms. The molecule has 20 heavy (non-hydrogen) atoms.